The van der Waals surface area contributed by atoms with Crippen molar-refractivity contribution in [2.75, 3.05) is 0 Å². The fraction of sp³-hybridized carbons (Fsp3) is 0.235. The molecule has 0 radical (unpaired) electrons. The van der Waals surface area contributed by atoms with E-state index in [9.17, 15) is 4.79 Å². The van der Waals surface area contributed by atoms with Gasteiger partial charge in [0.25, 0.3) is 0 Å². The Morgan fingerprint density at radius 1 is 1.00 bits per heavy atom. The second kappa shape index (κ2) is 6.77. The lowest BCUT2D eigenvalue weighted by atomic mass is 10.2. The van der Waals surface area contributed by atoms with Crippen LogP contribution in [0.3, 0.4) is 0 Å². The van der Waals surface area contributed by atoms with Crippen LogP contribution in [-0.4, -0.2) is 5.97 Å². The Morgan fingerprint density at radius 2 is 1.68 bits per heavy atom. The molecule has 0 atom stereocenters. The van der Waals surface area contributed by atoms with Crippen LogP contribution in [0.15, 0.2) is 41.8 Å². The van der Waals surface area contributed by atoms with Crippen LogP contribution in [-0.2, 0) is 16.1 Å². The molecule has 0 unspecified atom stereocenters. The molecule has 5 heteroatoms. The molecule has 0 aliphatic rings. The molecule has 0 bridgehead atoms. The van der Waals surface area contributed by atoms with Crippen molar-refractivity contribution < 1.29 is 9.53 Å². The highest BCUT2D eigenvalue weighted by molar-refractivity contribution is 7.26. The van der Waals surface area contributed by atoms with Gasteiger partial charge in [-0.25, -0.2) is 0 Å². The van der Waals surface area contributed by atoms with Gasteiger partial charge in [0.2, 0.25) is 0 Å². The van der Waals surface area contributed by atoms with Crippen LogP contribution in [0.4, 0.5) is 0 Å². The van der Waals surface area contributed by atoms with Gasteiger partial charge in [-0.05, 0) is 35.7 Å². The molecule has 0 fully saturated rings. The van der Waals surface area contributed by atoms with E-state index < -0.39 is 0 Å². The number of hydrogen-bond donors (Lipinski definition) is 0. The number of rotatable bonds is 5. The molecule has 0 amide bonds. The topological polar surface area (TPSA) is 26.3 Å². The third-order valence-corrected chi connectivity index (χ3v) is 6.51. The summed E-state index contributed by atoms with van der Waals surface area (Å²) in [6, 6.07) is 12.7. The molecule has 0 aliphatic carbocycles. The molecule has 22 heavy (non-hydrogen) atoms. The Balaban J connectivity index is 1.70. The van der Waals surface area contributed by atoms with Gasteiger partial charge in [0.05, 0.1) is 5.92 Å². The maximum absolute atomic E-state index is 11.5. The zero-order valence-electron chi connectivity index (χ0n) is 12.4. The summed E-state index contributed by atoms with van der Waals surface area (Å²) in [7, 11) is 0. The summed E-state index contributed by atoms with van der Waals surface area (Å²) in [6.07, 6.45) is 0. The van der Waals surface area contributed by atoms with Gasteiger partial charge >= 0.3 is 5.97 Å². The van der Waals surface area contributed by atoms with Crippen molar-refractivity contribution in [3.63, 3.8) is 0 Å². The van der Waals surface area contributed by atoms with Gasteiger partial charge in [0, 0.05) is 24.4 Å². The Kier molecular flexibility index (Phi) is 4.76. The lowest BCUT2D eigenvalue weighted by molar-refractivity contribution is -0.148. The maximum Gasteiger partial charge on any atom is 0.308 e. The summed E-state index contributed by atoms with van der Waals surface area (Å²) in [5, 5.41) is 2.10. The first-order valence-electron chi connectivity index (χ1n) is 7.03. The standard InChI is InChI=1S/C17H16O2S3/c1-11(2)17(18)19-10-12-5-6-15(21-12)16-8-7-14(22-16)13-4-3-9-20-13/h3-9,11H,10H2,1-2H3. The minimum absolute atomic E-state index is 0.0786. The number of thiophene rings is 3. The highest BCUT2D eigenvalue weighted by Gasteiger charge is 2.11. The highest BCUT2D eigenvalue weighted by atomic mass is 32.1. The Labute approximate surface area is 142 Å². The molecular formula is C17H16O2S3. The fourth-order valence-corrected chi connectivity index (χ4v) is 4.77. The summed E-state index contributed by atoms with van der Waals surface area (Å²) in [5.74, 6) is -0.226. The second-order valence-electron chi connectivity index (χ2n) is 5.17. The molecule has 0 N–H and O–H groups in total. The first-order chi connectivity index (χ1) is 10.6. The van der Waals surface area contributed by atoms with E-state index in [0.717, 1.165) is 4.88 Å². The summed E-state index contributed by atoms with van der Waals surface area (Å²) in [4.78, 5) is 17.7. The molecular weight excluding hydrogens is 332 g/mol. The smallest absolute Gasteiger partial charge is 0.308 e. The monoisotopic (exact) mass is 348 g/mol. The number of carbonyl (C=O) groups excluding carboxylic acids is 1. The van der Waals surface area contributed by atoms with Gasteiger partial charge in [0.1, 0.15) is 6.61 Å². The molecule has 3 heterocycles. The number of ether oxygens (including phenoxy) is 1. The molecule has 114 valence electrons. The summed E-state index contributed by atoms with van der Waals surface area (Å²) >= 11 is 5.25. The van der Waals surface area contributed by atoms with E-state index in [2.05, 4.69) is 35.7 Å². The lowest BCUT2D eigenvalue weighted by Gasteiger charge is -2.04. The van der Waals surface area contributed by atoms with Crippen molar-refractivity contribution in [2.24, 2.45) is 5.92 Å². The number of carbonyl (C=O) groups is 1. The first kappa shape index (κ1) is 15.5. The third-order valence-electron chi connectivity index (χ3n) is 3.10. The minimum atomic E-state index is -0.147. The predicted molar refractivity (Wildman–Crippen MR) is 95.6 cm³/mol. The van der Waals surface area contributed by atoms with Crippen LogP contribution in [0.5, 0.6) is 0 Å². The van der Waals surface area contributed by atoms with Gasteiger partial charge in [-0.3, -0.25) is 4.79 Å². The van der Waals surface area contributed by atoms with Gasteiger partial charge in [-0.15, -0.1) is 34.0 Å². The van der Waals surface area contributed by atoms with Gasteiger partial charge in [0.15, 0.2) is 0 Å². The SMILES string of the molecule is CC(C)C(=O)OCc1ccc(-c2ccc(-c3cccs3)s2)s1. The van der Waals surface area contributed by atoms with E-state index >= 15 is 0 Å². The van der Waals surface area contributed by atoms with Crippen LogP contribution < -0.4 is 0 Å². The fourth-order valence-electron chi connectivity index (χ4n) is 1.92. The van der Waals surface area contributed by atoms with E-state index in [1.165, 1.54) is 19.5 Å². The predicted octanol–water partition coefficient (Wildman–Crippen LogP) is 5.90. The van der Waals surface area contributed by atoms with E-state index in [1.807, 2.05) is 19.9 Å². The summed E-state index contributed by atoms with van der Waals surface area (Å²) < 4.78 is 5.28. The lowest BCUT2D eigenvalue weighted by Crippen LogP contribution is -2.10. The van der Waals surface area contributed by atoms with Crippen molar-refractivity contribution >= 4 is 40.0 Å². The molecule has 0 saturated carbocycles. The number of esters is 1. The average molecular weight is 349 g/mol. The second-order valence-corrected chi connectivity index (χ2v) is 8.37. The molecule has 0 aliphatic heterocycles. The minimum Gasteiger partial charge on any atom is -0.460 e. The van der Waals surface area contributed by atoms with E-state index in [1.54, 1.807) is 34.0 Å². The normalized spacial score (nSPS) is 11.0. The quantitative estimate of drug-likeness (QED) is 0.536. The van der Waals surface area contributed by atoms with E-state index in [0.29, 0.717) is 6.61 Å². The molecule has 2 nitrogen and oxygen atoms in total. The molecule has 0 spiro atoms. The first-order valence-corrected chi connectivity index (χ1v) is 9.54. The summed E-state index contributed by atoms with van der Waals surface area (Å²) in [5.41, 5.74) is 0. The van der Waals surface area contributed by atoms with Crippen LogP contribution in [0.2, 0.25) is 0 Å². The van der Waals surface area contributed by atoms with Crippen molar-refractivity contribution in [1.82, 2.24) is 0 Å². The van der Waals surface area contributed by atoms with Crippen LogP contribution >= 0.6 is 34.0 Å². The average Bonchev–Trinajstić information content (AvgIpc) is 3.22. The van der Waals surface area contributed by atoms with E-state index in [4.69, 9.17) is 4.74 Å². The maximum atomic E-state index is 11.5. The zero-order valence-corrected chi connectivity index (χ0v) is 14.8. The molecule has 3 aromatic rings. The highest BCUT2D eigenvalue weighted by Crippen LogP contribution is 2.39. The van der Waals surface area contributed by atoms with Crippen molar-refractivity contribution in [3.8, 4) is 19.5 Å². The van der Waals surface area contributed by atoms with Gasteiger partial charge < -0.3 is 4.74 Å². The molecule has 0 aromatic carbocycles. The van der Waals surface area contributed by atoms with Crippen LogP contribution in [0.1, 0.15) is 18.7 Å². The van der Waals surface area contributed by atoms with E-state index in [-0.39, 0.29) is 11.9 Å². The van der Waals surface area contributed by atoms with Crippen molar-refractivity contribution in [2.45, 2.75) is 20.5 Å². The number of hydrogen-bond acceptors (Lipinski definition) is 5. The van der Waals surface area contributed by atoms with Gasteiger partial charge in [-0.2, -0.15) is 0 Å². The zero-order chi connectivity index (χ0) is 15.5. The molecule has 3 aromatic heterocycles. The summed E-state index contributed by atoms with van der Waals surface area (Å²) in [6.45, 7) is 4.06. The molecule has 0 saturated heterocycles. The third kappa shape index (κ3) is 3.48. The van der Waals surface area contributed by atoms with Crippen molar-refractivity contribution in [3.05, 3.63) is 46.7 Å². The van der Waals surface area contributed by atoms with Gasteiger partial charge in [-0.1, -0.05) is 19.9 Å². The van der Waals surface area contributed by atoms with Crippen LogP contribution in [0.25, 0.3) is 19.5 Å². The van der Waals surface area contributed by atoms with Crippen LogP contribution in [0, 0.1) is 5.92 Å². The largest absolute Gasteiger partial charge is 0.460 e. The Hall–Kier alpha value is -1.43. The van der Waals surface area contributed by atoms with Crippen molar-refractivity contribution in [1.29, 1.82) is 0 Å². The Morgan fingerprint density at radius 3 is 2.36 bits per heavy atom. The Bertz CT molecular complexity index is 751. The molecule has 3 rings (SSSR count).